The van der Waals surface area contributed by atoms with Crippen molar-refractivity contribution < 1.29 is 37.5 Å². The Balaban J connectivity index is -0.0000000267. The minimum atomic E-state index is 0. The number of carbonyl (C=O) groups excluding carboxylic acids is 1. The molecule has 1 amide bonds. The fourth-order valence-corrected chi connectivity index (χ4v) is 0. The number of carbonyl (C=O) groups is 1. The molecule has 0 heterocycles. The van der Waals surface area contributed by atoms with Gasteiger partial charge in [-0.05, 0) is 0 Å². The molecule has 0 aliphatic carbocycles. The van der Waals surface area contributed by atoms with Gasteiger partial charge in [0.25, 0.3) is 0 Å². The molecular weight excluding hydrogens is 146 g/mol. The van der Waals surface area contributed by atoms with Crippen molar-refractivity contribution in [2.45, 2.75) is 0 Å². The summed E-state index contributed by atoms with van der Waals surface area (Å²) in [6.45, 7) is 0. The van der Waals surface area contributed by atoms with E-state index >= 15 is 0 Å². The summed E-state index contributed by atoms with van der Waals surface area (Å²) in [5.41, 5.74) is 0. The SMILES string of the molecule is CN(C)C=O.[O-2].[O-2].[Ti+4]. The molecule has 0 unspecified atom stereocenters. The normalized spacial score (nSPS) is 4.25. The molecule has 0 radical (unpaired) electrons. The maximum absolute atomic E-state index is 9.43. The molecule has 0 rings (SSSR count). The van der Waals surface area contributed by atoms with Crippen LogP contribution in [0.3, 0.4) is 0 Å². The molecule has 46 valence electrons. The van der Waals surface area contributed by atoms with E-state index in [0.29, 0.717) is 0 Å². The van der Waals surface area contributed by atoms with Gasteiger partial charge in [-0.15, -0.1) is 0 Å². The Bertz CT molecular complexity index is 41.5. The van der Waals surface area contributed by atoms with Crippen molar-refractivity contribution in [3.8, 4) is 0 Å². The average molecular weight is 153 g/mol. The van der Waals surface area contributed by atoms with Crippen molar-refractivity contribution in [2.75, 3.05) is 14.1 Å². The first-order valence-corrected chi connectivity index (χ1v) is 1.39. The molecule has 0 aromatic heterocycles. The van der Waals surface area contributed by atoms with Crippen molar-refractivity contribution >= 4 is 6.41 Å². The quantitative estimate of drug-likeness (QED) is 0.368. The summed E-state index contributed by atoms with van der Waals surface area (Å²) in [5, 5.41) is 0. The van der Waals surface area contributed by atoms with Crippen LogP contribution >= 0.6 is 0 Å². The third-order valence-electron chi connectivity index (χ3n) is 0.211. The Labute approximate surface area is 63.4 Å². The Hall–Kier alpha value is 0.104. The van der Waals surface area contributed by atoms with Gasteiger partial charge in [0, 0.05) is 14.1 Å². The second-order valence-electron chi connectivity index (χ2n) is 1.07. The van der Waals surface area contributed by atoms with Crippen LogP contribution in [-0.4, -0.2) is 25.4 Å². The maximum atomic E-state index is 9.43. The molecule has 0 bridgehead atoms. The first-order chi connectivity index (χ1) is 2.27. The Kier molecular flexibility index (Phi) is 47.7. The number of amides is 1. The second-order valence-corrected chi connectivity index (χ2v) is 1.07. The van der Waals surface area contributed by atoms with Gasteiger partial charge in [-0.25, -0.2) is 0 Å². The van der Waals surface area contributed by atoms with Crippen LogP contribution in [0.2, 0.25) is 0 Å². The first-order valence-electron chi connectivity index (χ1n) is 1.39. The van der Waals surface area contributed by atoms with Crippen molar-refractivity contribution in [3.63, 3.8) is 0 Å². The molecule has 0 saturated carbocycles. The molecule has 0 atom stereocenters. The fraction of sp³-hybridized carbons (Fsp3) is 0.667. The summed E-state index contributed by atoms with van der Waals surface area (Å²) in [7, 11) is 3.38. The fourth-order valence-electron chi connectivity index (χ4n) is 0. The van der Waals surface area contributed by atoms with Crippen LogP contribution in [0, 0.1) is 0 Å². The largest absolute Gasteiger partial charge is 4.00 e. The molecule has 0 aromatic carbocycles. The summed E-state index contributed by atoms with van der Waals surface area (Å²) in [6.07, 6.45) is 0.750. The summed E-state index contributed by atoms with van der Waals surface area (Å²) < 4.78 is 0. The van der Waals surface area contributed by atoms with Gasteiger partial charge < -0.3 is 15.9 Å². The average Bonchev–Trinajstić information content (AvgIpc) is 1.38. The van der Waals surface area contributed by atoms with Gasteiger partial charge in [0.15, 0.2) is 0 Å². The van der Waals surface area contributed by atoms with E-state index < -0.39 is 0 Å². The molecule has 4 nitrogen and oxygen atoms in total. The van der Waals surface area contributed by atoms with E-state index in [2.05, 4.69) is 0 Å². The van der Waals surface area contributed by atoms with Crippen LogP contribution in [-0.2, 0) is 37.5 Å². The van der Waals surface area contributed by atoms with E-state index in [1.54, 1.807) is 14.1 Å². The minimum absolute atomic E-state index is 0. The van der Waals surface area contributed by atoms with Gasteiger partial charge in [-0.3, -0.25) is 4.79 Å². The zero-order chi connectivity index (χ0) is 4.28. The van der Waals surface area contributed by atoms with E-state index in [4.69, 9.17) is 0 Å². The molecule has 0 fully saturated rings. The number of hydrogen-bond donors (Lipinski definition) is 0. The first kappa shape index (κ1) is 24.3. The monoisotopic (exact) mass is 153 g/mol. The second kappa shape index (κ2) is 15.7. The van der Waals surface area contributed by atoms with Gasteiger partial charge in [0.05, 0.1) is 0 Å². The number of rotatable bonds is 1. The van der Waals surface area contributed by atoms with Gasteiger partial charge in [-0.2, -0.15) is 0 Å². The Morgan fingerprint density at radius 3 is 1.38 bits per heavy atom. The maximum Gasteiger partial charge on any atom is 4.00 e. The molecule has 0 aromatic rings. The summed E-state index contributed by atoms with van der Waals surface area (Å²) in [4.78, 5) is 10.9. The molecule has 8 heavy (non-hydrogen) atoms. The Morgan fingerprint density at radius 1 is 1.25 bits per heavy atom. The van der Waals surface area contributed by atoms with E-state index in [1.165, 1.54) is 4.90 Å². The van der Waals surface area contributed by atoms with E-state index in [0.717, 1.165) is 6.41 Å². The van der Waals surface area contributed by atoms with Gasteiger partial charge in [0.2, 0.25) is 6.41 Å². The topological polar surface area (TPSA) is 77.3 Å². The van der Waals surface area contributed by atoms with Crippen LogP contribution < -0.4 is 0 Å². The van der Waals surface area contributed by atoms with Gasteiger partial charge in [0.1, 0.15) is 0 Å². The third-order valence-corrected chi connectivity index (χ3v) is 0.211. The summed E-state index contributed by atoms with van der Waals surface area (Å²) >= 11 is 0. The molecule has 0 aliphatic heterocycles. The zero-order valence-corrected chi connectivity index (χ0v) is 6.31. The minimum Gasteiger partial charge on any atom is -2.00 e. The van der Waals surface area contributed by atoms with E-state index in [9.17, 15) is 4.79 Å². The van der Waals surface area contributed by atoms with E-state index in [1.807, 2.05) is 0 Å². The van der Waals surface area contributed by atoms with Gasteiger partial charge in [-0.1, -0.05) is 0 Å². The van der Waals surface area contributed by atoms with Crippen molar-refractivity contribution in [1.29, 1.82) is 0 Å². The predicted molar refractivity (Wildman–Crippen MR) is 21.1 cm³/mol. The molecule has 0 aliphatic rings. The van der Waals surface area contributed by atoms with Crippen LogP contribution in [0.4, 0.5) is 0 Å². The van der Waals surface area contributed by atoms with Crippen LogP contribution in [0.1, 0.15) is 0 Å². The third kappa shape index (κ3) is 35.9. The zero-order valence-electron chi connectivity index (χ0n) is 4.75. The van der Waals surface area contributed by atoms with Gasteiger partial charge >= 0.3 is 21.7 Å². The van der Waals surface area contributed by atoms with Crippen molar-refractivity contribution in [3.05, 3.63) is 0 Å². The predicted octanol–water partition coefficient (Wildman–Crippen LogP) is -0.536. The van der Waals surface area contributed by atoms with Crippen molar-refractivity contribution in [2.24, 2.45) is 0 Å². The Morgan fingerprint density at radius 2 is 1.38 bits per heavy atom. The molecule has 0 spiro atoms. The van der Waals surface area contributed by atoms with Crippen molar-refractivity contribution in [1.82, 2.24) is 4.90 Å². The van der Waals surface area contributed by atoms with Crippen LogP contribution in [0.25, 0.3) is 0 Å². The number of nitrogens with zero attached hydrogens (tertiary/aromatic N) is 1. The smallest absolute Gasteiger partial charge is 2.00 e. The van der Waals surface area contributed by atoms with E-state index in [-0.39, 0.29) is 32.7 Å². The van der Waals surface area contributed by atoms with Crippen LogP contribution in [0.15, 0.2) is 0 Å². The van der Waals surface area contributed by atoms with Crippen LogP contribution in [0.5, 0.6) is 0 Å². The standard InChI is InChI=1S/C3H7NO.2O.Ti/c1-4(2)3-5;;;/h3H,1-2H3;;;/q;2*-2;+4. The molecule has 0 N–H and O–H groups in total. The molecular formula is C3H7NO3Ti. The molecule has 5 heteroatoms. The molecule has 0 saturated heterocycles. The number of hydrogen-bond acceptors (Lipinski definition) is 1. The summed E-state index contributed by atoms with van der Waals surface area (Å²) in [6, 6.07) is 0. The summed E-state index contributed by atoms with van der Waals surface area (Å²) in [5.74, 6) is 0.